The Morgan fingerprint density at radius 1 is 1.33 bits per heavy atom. The molecule has 0 aliphatic carbocycles. The zero-order chi connectivity index (χ0) is 14.7. The van der Waals surface area contributed by atoms with Gasteiger partial charge in [0.1, 0.15) is 0 Å². The molecule has 116 valence electrons. The van der Waals surface area contributed by atoms with Crippen molar-refractivity contribution in [3.63, 3.8) is 0 Å². The fourth-order valence-corrected chi connectivity index (χ4v) is 3.07. The highest BCUT2D eigenvalue weighted by Crippen LogP contribution is 2.41. The van der Waals surface area contributed by atoms with Crippen molar-refractivity contribution in [2.45, 2.75) is 31.8 Å². The number of likely N-dealkylation sites (N-methyl/N-ethyl adjacent to an activating group) is 1. The van der Waals surface area contributed by atoms with Crippen molar-refractivity contribution >= 4 is 0 Å². The zero-order valence-electron chi connectivity index (χ0n) is 12.9. The lowest BCUT2D eigenvalue weighted by Crippen LogP contribution is -2.42. The molecule has 2 heterocycles. The van der Waals surface area contributed by atoms with E-state index in [0.29, 0.717) is 11.8 Å². The van der Waals surface area contributed by atoms with Crippen LogP contribution in [0.2, 0.25) is 0 Å². The maximum atomic E-state index is 5.46. The Hall–Kier alpha value is -1.46. The monoisotopic (exact) mass is 292 g/mol. The number of nitrogens with zero attached hydrogens (tertiary/aromatic N) is 1. The molecule has 1 unspecified atom stereocenters. The van der Waals surface area contributed by atoms with Crippen molar-refractivity contribution in [2.75, 3.05) is 34.0 Å². The summed E-state index contributed by atoms with van der Waals surface area (Å²) in [6.07, 6.45) is 3.95. The molecule has 1 aromatic rings. The highest BCUT2D eigenvalue weighted by atomic mass is 16.7. The van der Waals surface area contributed by atoms with Gasteiger partial charge in [0, 0.05) is 19.1 Å². The molecule has 0 radical (unpaired) electrons. The highest BCUT2D eigenvalue weighted by Gasteiger charge is 2.21. The number of fused-ring (bicyclic) bond motifs is 1. The number of hydrogen-bond donors (Lipinski definition) is 1. The smallest absolute Gasteiger partial charge is 0.231 e. The van der Waals surface area contributed by atoms with E-state index in [0.717, 1.165) is 30.2 Å². The molecule has 2 aliphatic rings. The lowest BCUT2D eigenvalue weighted by molar-refractivity contribution is 0.171. The second kappa shape index (κ2) is 6.54. The van der Waals surface area contributed by atoms with Crippen molar-refractivity contribution < 1.29 is 14.2 Å². The third-order valence-electron chi connectivity index (χ3n) is 4.35. The van der Waals surface area contributed by atoms with E-state index in [-0.39, 0.29) is 6.79 Å². The van der Waals surface area contributed by atoms with Crippen LogP contribution in [0.25, 0.3) is 0 Å². The lowest BCUT2D eigenvalue weighted by atomic mass is 10.0. The van der Waals surface area contributed by atoms with Crippen molar-refractivity contribution in [2.24, 2.45) is 0 Å². The number of ether oxygens (including phenoxy) is 3. The summed E-state index contributed by atoms with van der Waals surface area (Å²) >= 11 is 0. The number of likely N-dealkylation sites (tertiary alicyclic amines) is 1. The molecule has 3 rings (SSSR count). The van der Waals surface area contributed by atoms with Crippen LogP contribution in [-0.2, 0) is 6.54 Å². The molecule has 0 saturated carbocycles. The van der Waals surface area contributed by atoms with E-state index in [2.05, 4.69) is 17.3 Å². The number of piperidine rings is 1. The Morgan fingerprint density at radius 3 is 3.05 bits per heavy atom. The largest absolute Gasteiger partial charge is 0.493 e. The van der Waals surface area contributed by atoms with Crippen LogP contribution in [0.3, 0.4) is 0 Å². The molecule has 1 aromatic carbocycles. The first kappa shape index (κ1) is 14.5. The Balaban J connectivity index is 1.58. The number of nitrogens with one attached hydrogen (secondary N) is 1. The molecular formula is C16H24N2O3. The van der Waals surface area contributed by atoms with Crippen molar-refractivity contribution in [1.82, 2.24) is 10.2 Å². The Morgan fingerprint density at radius 2 is 2.24 bits per heavy atom. The predicted octanol–water partition coefficient (Wildman–Crippen LogP) is 2.00. The zero-order valence-corrected chi connectivity index (χ0v) is 12.9. The molecule has 0 amide bonds. The third-order valence-corrected chi connectivity index (χ3v) is 4.35. The number of methoxy groups -OCH3 is 1. The van der Waals surface area contributed by atoms with E-state index < -0.39 is 0 Å². The van der Waals surface area contributed by atoms with Crippen molar-refractivity contribution in [3.05, 3.63) is 17.7 Å². The second-order valence-electron chi connectivity index (χ2n) is 5.79. The van der Waals surface area contributed by atoms with Crippen LogP contribution in [0.1, 0.15) is 24.8 Å². The standard InChI is InChI=1S/C16H24N2O3/c1-18-6-4-3-5-13(18)10-17-9-12-7-14(19-2)16-15(8-12)20-11-21-16/h7-8,13,17H,3-6,9-11H2,1-2H3. The summed E-state index contributed by atoms with van der Waals surface area (Å²) in [5, 5.41) is 3.55. The van der Waals surface area contributed by atoms with Gasteiger partial charge in [-0.3, -0.25) is 0 Å². The summed E-state index contributed by atoms with van der Waals surface area (Å²) in [4.78, 5) is 2.46. The van der Waals surface area contributed by atoms with Gasteiger partial charge in [0.2, 0.25) is 12.5 Å². The summed E-state index contributed by atoms with van der Waals surface area (Å²) in [6, 6.07) is 4.70. The first-order chi connectivity index (χ1) is 10.3. The minimum Gasteiger partial charge on any atom is -0.493 e. The maximum Gasteiger partial charge on any atom is 0.231 e. The van der Waals surface area contributed by atoms with Crippen molar-refractivity contribution in [1.29, 1.82) is 0 Å². The molecule has 21 heavy (non-hydrogen) atoms. The average molecular weight is 292 g/mol. The van der Waals surface area contributed by atoms with Gasteiger partial charge in [0.05, 0.1) is 7.11 Å². The van der Waals surface area contributed by atoms with E-state index in [4.69, 9.17) is 14.2 Å². The number of hydrogen-bond acceptors (Lipinski definition) is 5. The predicted molar refractivity (Wildman–Crippen MR) is 81.1 cm³/mol. The van der Waals surface area contributed by atoms with Crippen LogP contribution >= 0.6 is 0 Å². The molecule has 0 spiro atoms. The molecule has 1 N–H and O–H groups in total. The Kier molecular flexibility index (Phi) is 4.51. The Bertz CT molecular complexity index is 493. The third kappa shape index (κ3) is 3.24. The Labute approximate surface area is 126 Å². The SMILES string of the molecule is COc1cc(CNCC2CCCCN2C)cc2c1OCO2. The van der Waals surface area contributed by atoms with Crippen molar-refractivity contribution in [3.8, 4) is 17.2 Å². The van der Waals surface area contributed by atoms with Gasteiger partial charge in [-0.1, -0.05) is 6.42 Å². The normalized spacial score (nSPS) is 21.5. The molecule has 5 heteroatoms. The van der Waals surface area contributed by atoms with Crippen LogP contribution in [0.5, 0.6) is 17.2 Å². The summed E-state index contributed by atoms with van der Waals surface area (Å²) in [5.41, 5.74) is 1.16. The summed E-state index contributed by atoms with van der Waals surface area (Å²) in [6.45, 7) is 3.32. The fraction of sp³-hybridized carbons (Fsp3) is 0.625. The quantitative estimate of drug-likeness (QED) is 0.899. The molecule has 1 saturated heterocycles. The van der Waals surface area contributed by atoms with Crippen LogP contribution in [-0.4, -0.2) is 45.0 Å². The van der Waals surface area contributed by atoms with Crippen LogP contribution in [0, 0.1) is 0 Å². The van der Waals surface area contributed by atoms with Gasteiger partial charge in [-0.25, -0.2) is 0 Å². The van der Waals surface area contributed by atoms with Gasteiger partial charge in [-0.2, -0.15) is 0 Å². The van der Waals surface area contributed by atoms with Gasteiger partial charge < -0.3 is 24.4 Å². The van der Waals surface area contributed by atoms with Gasteiger partial charge in [0.15, 0.2) is 11.5 Å². The van der Waals surface area contributed by atoms with E-state index in [1.807, 2.05) is 12.1 Å². The van der Waals surface area contributed by atoms with Crippen LogP contribution < -0.4 is 19.5 Å². The van der Waals surface area contributed by atoms with E-state index in [1.165, 1.54) is 25.8 Å². The molecular weight excluding hydrogens is 268 g/mol. The van der Waals surface area contributed by atoms with E-state index >= 15 is 0 Å². The minimum atomic E-state index is 0.273. The second-order valence-corrected chi connectivity index (χ2v) is 5.79. The topological polar surface area (TPSA) is 43.0 Å². The fourth-order valence-electron chi connectivity index (χ4n) is 3.07. The molecule has 0 aromatic heterocycles. The van der Waals surface area contributed by atoms with Crippen LogP contribution in [0.15, 0.2) is 12.1 Å². The maximum absolute atomic E-state index is 5.46. The number of benzene rings is 1. The average Bonchev–Trinajstić information content (AvgIpc) is 2.97. The van der Waals surface area contributed by atoms with E-state index in [1.54, 1.807) is 7.11 Å². The first-order valence-corrected chi connectivity index (χ1v) is 7.65. The lowest BCUT2D eigenvalue weighted by Gasteiger charge is -2.32. The van der Waals surface area contributed by atoms with Gasteiger partial charge >= 0.3 is 0 Å². The molecule has 0 bridgehead atoms. The van der Waals surface area contributed by atoms with Gasteiger partial charge in [-0.15, -0.1) is 0 Å². The summed E-state index contributed by atoms with van der Waals surface area (Å²) in [7, 11) is 3.88. The summed E-state index contributed by atoms with van der Waals surface area (Å²) in [5.74, 6) is 2.24. The molecule has 1 fully saturated rings. The first-order valence-electron chi connectivity index (χ1n) is 7.65. The van der Waals surface area contributed by atoms with E-state index in [9.17, 15) is 0 Å². The summed E-state index contributed by atoms with van der Waals surface area (Å²) < 4.78 is 16.2. The molecule has 5 nitrogen and oxygen atoms in total. The highest BCUT2D eigenvalue weighted by molar-refractivity contribution is 5.55. The molecule has 1 atom stereocenters. The minimum absolute atomic E-state index is 0.273. The number of rotatable bonds is 5. The molecule has 2 aliphatic heterocycles. The van der Waals surface area contributed by atoms with Gasteiger partial charge in [0.25, 0.3) is 0 Å². The van der Waals surface area contributed by atoms with Gasteiger partial charge in [-0.05, 0) is 44.1 Å². The van der Waals surface area contributed by atoms with Crippen LogP contribution in [0.4, 0.5) is 0 Å².